The topological polar surface area (TPSA) is 38.8 Å². The fourth-order valence-electron chi connectivity index (χ4n) is 1.89. The Bertz CT molecular complexity index is 385. The van der Waals surface area contributed by atoms with E-state index >= 15 is 0 Å². The van der Waals surface area contributed by atoms with Crippen LogP contribution in [0.5, 0.6) is 5.75 Å². The van der Waals surface area contributed by atoms with Crippen molar-refractivity contribution in [1.82, 2.24) is 4.90 Å². The Morgan fingerprint density at radius 3 is 2.21 bits per heavy atom. The SMILES string of the molecule is CCOC(=O)c1ccc(OC(C)N(CC)CC)cc1. The van der Waals surface area contributed by atoms with Crippen molar-refractivity contribution in [3.05, 3.63) is 29.8 Å². The van der Waals surface area contributed by atoms with Crippen LogP contribution in [0.1, 0.15) is 38.1 Å². The second-order valence-electron chi connectivity index (χ2n) is 4.18. The maximum Gasteiger partial charge on any atom is 0.338 e. The van der Waals surface area contributed by atoms with Crippen LogP contribution in [0, 0.1) is 0 Å². The Kier molecular flexibility index (Phi) is 6.36. The van der Waals surface area contributed by atoms with Crippen LogP contribution in [-0.4, -0.2) is 36.8 Å². The Morgan fingerprint density at radius 1 is 1.16 bits per heavy atom. The summed E-state index contributed by atoms with van der Waals surface area (Å²) in [5.41, 5.74) is 0.546. The summed E-state index contributed by atoms with van der Waals surface area (Å²) in [6.45, 7) is 10.3. The van der Waals surface area contributed by atoms with Crippen molar-refractivity contribution in [2.75, 3.05) is 19.7 Å². The molecule has 1 rings (SSSR count). The summed E-state index contributed by atoms with van der Waals surface area (Å²) in [6.07, 6.45) is 0.0171. The monoisotopic (exact) mass is 265 g/mol. The van der Waals surface area contributed by atoms with Crippen LogP contribution in [0.15, 0.2) is 24.3 Å². The number of rotatable bonds is 7. The van der Waals surface area contributed by atoms with Crippen LogP contribution in [0.3, 0.4) is 0 Å². The number of hydrogen-bond donors (Lipinski definition) is 0. The van der Waals surface area contributed by atoms with Crippen molar-refractivity contribution in [1.29, 1.82) is 0 Å². The van der Waals surface area contributed by atoms with E-state index in [1.54, 1.807) is 31.2 Å². The molecule has 0 saturated carbocycles. The number of carbonyl (C=O) groups is 1. The zero-order chi connectivity index (χ0) is 14.3. The van der Waals surface area contributed by atoms with E-state index in [0.29, 0.717) is 12.2 Å². The Balaban J connectivity index is 2.64. The van der Waals surface area contributed by atoms with Crippen LogP contribution in [0.4, 0.5) is 0 Å². The number of ether oxygens (including phenoxy) is 2. The van der Waals surface area contributed by atoms with Crippen molar-refractivity contribution in [3.8, 4) is 5.75 Å². The fraction of sp³-hybridized carbons (Fsp3) is 0.533. The van der Waals surface area contributed by atoms with Crippen LogP contribution < -0.4 is 4.74 Å². The quantitative estimate of drug-likeness (QED) is 0.561. The summed E-state index contributed by atoms with van der Waals surface area (Å²) < 4.78 is 10.8. The largest absolute Gasteiger partial charge is 0.475 e. The molecule has 0 N–H and O–H groups in total. The van der Waals surface area contributed by atoms with Gasteiger partial charge < -0.3 is 9.47 Å². The molecule has 1 atom stereocenters. The standard InChI is InChI=1S/C15H23NO3/c1-5-16(6-2)12(4)19-14-10-8-13(9-11-14)15(17)18-7-3/h8-12H,5-7H2,1-4H3. The molecule has 0 spiro atoms. The average molecular weight is 265 g/mol. The number of hydrogen-bond acceptors (Lipinski definition) is 4. The van der Waals surface area contributed by atoms with Crippen molar-refractivity contribution in [2.45, 2.75) is 33.9 Å². The molecule has 0 bridgehead atoms. The van der Waals surface area contributed by atoms with Gasteiger partial charge in [-0.05, 0) is 51.2 Å². The van der Waals surface area contributed by atoms with Gasteiger partial charge in [0.1, 0.15) is 12.0 Å². The van der Waals surface area contributed by atoms with Gasteiger partial charge in [-0.1, -0.05) is 13.8 Å². The minimum Gasteiger partial charge on any atom is -0.475 e. The number of nitrogens with zero attached hydrogens (tertiary/aromatic N) is 1. The number of benzene rings is 1. The highest BCUT2D eigenvalue weighted by Crippen LogP contribution is 2.15. The van der Waals surface area contributed by atoms with Gasteiger partial charge in [0.25, 0.3) is 0 Å². The van der Waals surface area contributed by atoms with Crippen LogP contribution in [0.25, 0.3) is 0 Å². The molecule has 0 saturated heterocycles. The molecule has 1 unspecified atom stereocenters. The summed E-state index contributed by atoms with van der Waals surface area (Å²) in [4.78, 5) is 13.7. The van der Waals surface area contributed by atoms with E-state index in [2.05, 4.69) is 18.7 Å². The van der Waals surface area contributed by atoms with Gasteiger partial charge in [-0.3, -0.25) is 4.90 Å². The fourth-order valence-corrected chi connectivity index (χ4v) is 1.89. The third-order valence-corrected chi connectivity index (χ3v) is 3.00. The molecule has 0 aliphatic heterocycles. The van der Waals surface area contributed by atoms with Crippen LogP contribution in [-0.2, 0) is 4.74 Å². The highest BCUT2D eigenvalue weighted by atomic mass is 16.5. The molecule has 4 nitrogen and oxygen atoms in total. The normalized spacial score (nSPS) is 12.3. The molecule has 19 heavy (non-hydrogen) atoms. The zero-order valence-corrected chi connectivity index (χ0v) is 12.2. The minimum atomic E-state index is -0.300. The van der Waals surface area contributed by atoms with Gasteiger partial charge in [-0.25, -0.2) is 4.79 Å². The van der Waals surface area contributed by atoms with Gasteiger partial charge in [0.05, 0.1) is 12.2 Å². The lowest BCUT2D eigenvalue weighted by Gasteiger charge is -2.26. The summed E-state index contributed by atoms with van der Waals surface area (Å²) in [5, 5.41) is 0. The molecule has 0 aromatic heterocycles. The van der Waals surface area contributed by atoms with Gasteiger partial charge in [0.2, 0.25) is 0 Å². The number of carbonyl (C=O) groups excluding carboxylic acids is 1. The van der Waals surface area contributed by atoms with E-state index in [1.807, 2.05) is 6.92 Å². The molecule has 0 radical (unpaired) electrons. The summed E-state index contributed by atoms with van der Waals surface area (Å²) in [6, 6.07) is 7.04. The maximum atomic E-state index is 11.5. The smallest absolute Gasteiger partial charge is 0.338 e. The molecular formula is C15H23NO3. The van der Waals surface area contributed by atoms with Gasteiger partial charge >= 0.3 is 5.97 Å². The van der Waals surface area contributed by atoms with E-state index in [-0.39, 0.29) is 12.2 Å². The predicted molar refractivity (Wildman–Crippen MR) is 75.4 cm³/mol. The van der Waals surface area contributed by atoms with Crippen molar-refractivity contribution in [2.24, 2.45) is 0 Å². The first kappa shape index (κ1) is 15.5. The first-order chi connectivity index (χ1) is 9.12. The lowest BCUT2D eigenvalue weighted by molar-refractivity contribution is 0.0479. The zero-order valence-electron chi connectivity index (χ0n) is 12.2. The van der Waals surface area contributed by atoms with Crippen LogP contribution in [0.2, 0.25) is 0 Å². The van der Waals surface area contributed by atoms with E-state index < -0.39 is 0 Å². The third kappa shape index (κ3) is 4.56. The lowest BCUT2D eigenvalue weighted by Crippen LogP contribution is -2.36. The van der Waals surface area contributed by atoms with Gasteiger partial charge in [0.15, 0.2) is 0 Å². The summed E-state index contributed by atoms with van der Waals surface area (Å²) in [7, 11) is 0. The predicted octanol–water partition coefficient (Wildman–Crippen LogP) is 2.93. The highest BCUT2D eigenvalue weighted by molar-refractivity contribution is 5.89. The van der Waals surface area contributed by atoms with Crippen molar-refractivity contribution < 1.29 is 14.3 Å². The van der Waals surface area contributed by atoms with Crippen LogP contribution >= 0.6 is 0 Å². The Hall–Kier alpha value is -1.55. The third-order valence-electron chi connectivity index (χ3n) is 3.00. The number of esters is 1. The van der Waals surface area contributed by atoms with Gasteiger partial charge in [-0.15, -0.1) is 0 Å². The molecule has 4 heteroatoms. The first-order valence-corrected chi connectivity index (χ1v) is 6.80. The minimum absolute atomic E-state index is 0.0171. The van der Waals surface area contributed by atoms with E-state index in [4.69, 9.17) is 9.47 Å². The molecule has 0 aliphatic rings. The molecule has 1 aromatic carbocycles. The molecule has 0 heterocycles. The molecular weight excluding hydrogens is 242 g/mol. The Morgan fingerprint density at radius 2 is 1.74 bits per heavy atom. The van der Waals surface area contributed by atoms with Gasteiger partial charge in [-0.2, -0.15) is 0 Å². The second-order valence-corrected chi connectivity index (χ2v) is 4.18. The lowest BCUT2D eigenvalue weighted by atomic mass is 10.2. The average Bonchev–Trinajstić information content (AvgIpc) is 2.41. The summed E-state index contributed by atoms with van der Waals surface area (Å²) in [5.74, 6) is 0.457. The first-order valence-electron chi connectivity index (χ1n) is 6.80. The van der Waals surface area contributed by atoms with E-state index in [9.17, 15) is 4.79 Å². The van der Waals surface area contributed by atoms with Crippen molar-refractivity contribution in [3.63, 3.8) is 0 Å². The highest BCUT2D eigenvalue weighted by Gasteiger charge is 2.12. The molecule has 0 fully saturated rings. The molecule has 1 aromatic rings. The molecule has 106 valence electrons. The van der Waals surface area contributed by atoms with E-state index in [1.165, 1.54) is 0 Å². The second kappa shape index (κ2) is 7.79. The van der Waals surface area contributed by atoms with E-state index in [0.717, 1.165) is 18.8 Å². The molecule has 0 aliphatic carbocycles. The summed E-state index contributed by atoms with van der Waals surface area (Å²) >= 11 is 0. The van der Waals surface area contributed by atoms with Gasteiger partial charge in [0, 0.05) is 0 Å². The maximum absolute atomic E-state index is 11.5. The van der Waals surface area contributed by atoms with Crippen molar-refractivity contribution >= 4 is 5.97 Å². The Labute approximate surface area is 115 Å². The molecule has 0 amide bonds.